The van der Waals surface area contributed by atoms with Crippen LogP contribution >= 0.6 is 0 Å². The van der Waals surface area contributed by atoms with Crippen LogP contribution in [0.2, 0.25) is 0 Å². The fraction of sp³-hybridized carbons (Fsp3) is 0.500. The van der Waals surface area contributed by atoms with Crippen LogP contribution in [0.25, 0.3) is 0 Å². The van der Waals surface area contributed by atoms with Crippen LogP contribution in [0.4, 0.5) is 0 Å². The number of hydrogen-bond acceptors (Lipinski definition) is 6. The highest BCUT2D eigenvalue weighted by Crippen LogP contribution is 2.54. The normalized spacial score (nSPS) is 30.3. The van der Waals surface area contributed by atoms with Crippen molar-refractivity contribution in [1.29, 1.82) is 21.2 Å². The van der Waals surface area contributed by atoms with E-state index >= 15 is 0 Å². The first-order chi connectivity index (χ1) is 12.5. The zero-order valence-corrected chi connectivity index (χ0v) is 14.9. The minimum Gasteiger partial charge on any atom is -0.497 e. The van der Waals surface area contributed by atoms with Gasteiger partial charge in [0.05, 0.1) is 36.9 Å². The van der Waals surface area contributed by atoms with Gasteiger partial charge in [0.1, 0.15) is 5.75 Å². The fourth-order valence-electron chi connectivity index (χ4n) is 4.64. The molecule has 0 amide bonds. The molecular formula is C20H21N5O. The van der Waals surface area contributed by atoms with Gasteiger partial charge in [-0.2, -0.15) is 15.8 Å². The molecule has 1 saturated carbocycles. The first-order valence-electron chi connectivity index (χ1n) is 8.66. The minimum absolute atomic E-state index is 0.00868. The van der Waals surface area contributed by atoms with E-state index in [0.717, 1.165) is 18.5 Å². The van der Waals surface area contributed by atoms with Crippen molar-refractivity contribution in [3.8, 4) is 24.0 Å². The number of methoxy groups -OCH3 is 1. The quantitative estimate of drug-likeness (QED) is 0.884. The molecular weight excluding hydrogens is 326 g/mol. The zero-order chi connectivity index (χ0) is 18.9. The number of nitriles is 3. The van der Waals surface area contributed by atoms with E-state index in [1.165, 1.54) is 0 Å². The highest BCUT2D eigenvalue weighted by molar-refractivity contribution is 5.98. The molecule has 6 nitrogen and oxygen atoms in total. The predicted octanol–water partition coefficient (Wildman–Crippen LogP) is 2.55. The summed E-state index contributed by atoms with van der Waals surface area (Å²) in [5.74, 6) is -0.451. The van der Waals surface area contributed by atoms with E-state index in [1.54, 1.807) is 7.11 Å². The highest BCUT2D eigenvalue weighted by Gasteiger charge is 2.59. The lowest BCUT2D eigenvalue weighted by atomic mass is 9.51. The van der Waals surface area contributed by atoms with Gasteiger partial charge in [0.2, 0.25) is 0 Å². The fourth-order valence-corrected chi connectivity index (χ4v) is 4.64. The zero-order valence-electron chi connectivity index (χ0n) is 14.9. The summed E-state index contributed by atoms with van der Waals surface area (Å²) in [7, 11) is 3.60. The van der Waals surface area contributed by atoms with Gasteiger partial charge in [-0.05, 0) is 49.5 Å². The molecule has 1 aromatic rings. The Bertz CT molecular complexity index is 812. The van der Waals surface area contributed by atoms with Crippen LogP contribution in [0.1, 0.15) is 17.9 Å². The third-order valence-corrected chi connectivity index (χ3v) is 5.94. The molecule has 1 aromatic carbocycles. The molecule has 0 radical (unpaired) electrons. The Morgan fingerprint density at radius 3 is 2.35 bits per heavy atom. The molecule has 2 aliphatic rings. The maximum Gasteiger partial charge on any atom is 0.189 e. The Labute approximate surface area is 153 Å². The Morgan fingerprint density at radius 1 is 1.15 bits per heavy atom. The van der Waals surface area contributed by atoms with Gasteiger partial charge in [-0.25, -0.2) is 0 Å². The standard InChI is InChI=1S/C20H21N5O/c1-25-8-7-15-16(9-21)19(24)20(11-22,12-23)18(17(15)10-25)13-3-5-14(26-2)6-4-13/h3-6,15-18,24H,7-8,10H2,1-2H3/t15-,16?,17+,18+/m1/s1. The van der Waals surface area contributed by atoms with E-state index in [-0.39, 0.29) is 17.5 Å². The van der Waals surface area contributed by atoms with Gasteiger partial charge in [0, 0.05) is 12.5 Å². The van der Waals surface area contributed by atoms with Crippen molar-refractivity contribution >= 4 is 5.71 Å². The number of fused-ring (bicyclic) bond motifs is 1. The third-order valence-electron chi connectivity index (χ3n) is 5.94. The maximum atomic E-state index is 9.95. The van der Waals surface area contributed by atoms with Crippen LogP contribution in [-0.4, -0.2) is 37.9 Å². The average molecular weight is 347 g/mol. The van der Waals surface area contributed by atoms with Crippen LogP contribution in [0.3, 0.4) is 0 Å². The van der Waals surface area contributed by atoms with Crippen molar-refractivity contribution in [2.75, 3.05) is 27.2 Å². The molecule has 2 fully saturated rings. The van der Waals surface area contributed by atoms with Crippen molar-refractivity contribution in [3.63, 3.8) is 0 Å². The molecule has 0 aromatic heterocycles. The molecule has 1 N–H and O–H groups in total. The minimum atomic E-state index is -1.62. The third kappa shape index (κ3) is 2.53. The first kappa shape index (κ1) is 17.9. The molecule has 0 bridgehead atoms. The largest absolute Gasteiger partial charge is 0.497 e. The second-order valence-corrected chi connectivity index (χ2v) is 7.18. The summed E-state index contributed by atoms with van der Waals surface area (Å²) in [5, 5.41) is 38.2. The van der Waals surface area contributed by atoms with Crippen molar-refractivity contribution in [2.24, 2.45) is 23.2 Å². The van der Waals surface area contributed by atoms with Gasteiger partial charge >= 0.3 is 0 Å². The van der Waals surface area contributed by atoms with Gasteiger partial charge in [0.15, 0.2) is 5.41 Å². The van der Waals surface area contributed by atoms with Crippen molar-refractivity contribution in [2.45, 2.75) is 12.3 Å². The summed E-state index contributed by atoms with van der Waals surface area (Å²) in [6.45, 7) is 1.56. The number of nitrogens with one attached hydrogen (secondary N) is 1. The first-order valence-corrected chi connectivity index (χ1v) is 8.66. The maximum absolute atomic E-state index is 9.95. The molecule has 6 heteroatoms. The molecule has 1 heterocycles. The van der Waals surface area contributed by atoms with E-state index < -0.39 is 17.3 Å². The lowest BCUT2D eigenvalue weighted by Crippen LogP contribution is -2.56. The molecule has 1 unspecified atom stereocenters. The van der Waals surface area contributed by atoms with Gasteiger partial charge in [-0.3, -0.25) is 0 Å². The van der Waals surface area contributed by atoms with Gasteiger partial charge in [0.25, 0.3) is 0 Å². The lowest BCUT2D eigenvalue weighted by molar-refractivity contribution is 0.0794. The van der Waals surface area contributed by atoms with Crippen molar-refractivity contribution in [3.05, 3.63) is 29.8 Å². The van der Waals surface area contributed by atoms with E-state index in [9.17, 15) is 15.8 Å². The Hall–Kier alpha value is -2.88. The predicted molar refractivity (Wildman–Crippen MR) is 95.3 cm³/mol. The average Bonchev–Trinajstić information content (AvgIpc) is 2.67. The van der Waals surface area contributed by atoms with Crippen LogP contribution < -0.4 is 4.74 Å². The number of hydrogen-bond donors (Lipinski definition) is 1. The summed E-state index contributed by atoms with van der Waals surface area (Å²) >= 11 is 0. The molecule has 132 valence electrons. The molecule has 1 saturated heterocycles. The smallest absolute Gasteiger partial charge is 0.189 e. The molecule has 4 atom stereocenters. The van der Waals surface area contributed by atoms with Crippen molar-refractivity contribution in [1.82, 2.24) is 4.90 Å². The van der Waals surface area contributed by atoms with E-state index in [1.807, 2.05) is 31.3 Å². The summed E-state index contributed by atoms with van der Waals surface area (Å²) < 4.78 is 5.22. The lowest BCUT2D eigenvalue weighted by Gasteiger charge is -2.51. The van der Waals surface area contributed by atoms with Gasteiger partial charge in [-0.1, -0.05) is 12.1 Å². The Kier molecular flexibility index (Phi) is 4.68. The molecule has 26 heavy (non-hydrogen) atoms. The summed E-state index contributed by atoms with van der Waals surface area (Å²) in [5.41, 5.74) is -0.814. The second kappa shape index (κ2) is 6.79. The molecule has 1 aliphatic heterocycles. The number of nitrogens with zero attached hydrogens (tertiary/aromatic N) is 4. The van der Waals surface area contributed by atoms with Crippen LogP contribution in [0.15, 0.2) is 24.3 Å². The van der Waals surface area contributed by atoms with E-state index in [0.29, 0.717) is 12.3 Å². The van der Waals surface area contributed by atoms with E-state index in [4.69, 9.17) is 10.1 Å². The SMILES string of the molecule is COc1ccc([C@H]2[C@H]3CN(C)CC[C@@H]3C(C#N)C(=N)C2(C#N)C#N)cc1. The van der Waals surface area contributed by atoms with Gasteiger partial charge in [-0.15, -0.1) is 0 Å². The van der Waals surface area contributed by atoms with Crippen LogP contribution in [-0.2, 0) is 0 Å². The number of rotatable bonds is 2. The topological polar surface area (TPSA) is 108 Å². The molecule has 0 spiro atoms. The number of piperidine rings is 1. The Morgan fingerprint density at radius 2 is 1.81 bits per heavy atom. The second-order valence-electron chi connectivity index (χ2n) is 7.18. The monoisotopic (exact) mass is 347 g/mol. The van der Waals surface area contributed by atoms with Crippen molar-refractivity contribution < 1.29 is 4.74 Å². The number of likely N-dealkylation sites (tertiary alicyclic amines) is 1. The van der Waals surface area contributed by atoms with Crippen LogP contribution in [0, 0.1) is 62.6 Å². The van der Waals surface area contributed by atoms with E-state index in [2.05, 4.69) is 23.1 Å². The number of ether oxygens (including phenoxy) is 1. The Balaban J connectivity index is 2.18. The molecule has 1 aliphatic carbocycles. The summed E-state index contributed by atoms with van der Waals surface area (Å²) in [6, 6.07) is 13.8. The van der Waals surface area contributed by atoms with Crippen LogP contribution in [0.5, 0.6) is 5.75 Å². The summed E-state index contributed by atoms with van der Waals surface area (Å²) in [6.07, 6.45) is 0.793. The van der Waals surface area contributed by atoms with Gasteiger partial charge < -0.3 is 15.0 Å². The summed E-state index contributed by atoms with van der Waals surface area (Å²) in [4.78, 5) is 2.18. The number of benzene rings is 1. The molecule has 3 rings (SSSR count). The highest BCUT2D eigenvalue weighted by atomic mass is 16.5.